The molecule has 1 rings (SSSR count). The molecule has 86 valence electrons. The molecule has 5 nitrogen and oxygen atoms in total. The van der Waals surface area contributed by atoms with E-state index in [2.05, 4.69) is 22.0 Å². The number of nitrogens with zero attached hydrogens (tertiary/aromatic N) is 2. The third-order valence-corrected chi connectivity index (χ3v) is 1.99. The van der Waals surface area contributed by atoms with Crippen LogP contribution in [0.15, 0.2) is 12.4 Å². The minimum Gasteiger partial charge on any atom is -0.382 e. The van der Waals surface area contributed by atoms with E-state index in [4.69, 9.17) is 9.57 Å². The van der Waals surface area contributed by atoms with Crippen LogP contribution in [0.25, 0.3) is 0 Å². The summed E-state index contributed by atoms with van der Waals surface area (Å²) in [5.74, 6) is 0.995. The van der Waals surface area contributed by atoms with Crippen molar-refractivity contribution >= 4 is 0 Å². The third kappa shape index (κ3) is 4.42. The van der Waals surface area contributed by atoms with Crippen molar-refractivity contribution < 1.29 is 9.57 Å². The molecule has 1 aromatic heterocycles. The van der Waals surface area contributed by atoms with Gasteiger partial charge in [0.15, 0.2) is 0 Å². The fourth-order valence-corrected chi connectivity index (χ4v) is 1.26. The highest BCUT2D eigenvalue weighted by molar-refractivity contribution is 4.91. The predicted molar refractivity (Wildman–Crippen MR) is 57.2 cm³/mol. The van der Waals surface area contributed by atoms with Gasteiger partial charge in [0.2, 0.25) is 0 Å². The summed E-state index contributed by atoms with van der Waals surface area (Å²) in [6, 6.07) is 0. The smallest absolute Gasteiger partial charge is 0.125 e. The first-order valence-electron chi connectivity index (χ1n) is 5.22. The summed E-state index contributed by atoms with van der Waals surface area (Å²) in [7, 11) is 1.65. The van der Waals surface area contributed by atoms with Gasteiger partial charge in [-0.05, 0) is 6.42 Å². The normalized spacial score (nSPS) is 10.8. The highest BCUT2D eigenvalue weighted by Gasteiger charge is 2.00. The monoisotopic (exact) mass is 213 g/mol. The van der Waals surface area contributed by atoms with Crippen LogP contribution in [0.1, 0.15) is 19.2 Å². The van der Waals surface area contributed by atoms with Crippen molar-refractivity contribution in [3.63, 3.8) is 0 Å². The van der Waals surface area contributed by atoms with E-state index in [0.29, 0.717) is 19.8 Å². The first kappa shape index (κ1) is 12.2. The zero-order valence-electron chi connectivity index (χ0n) is 9.40. The molecule has 1 heterocycles. The maximum absolute atomic E-state index is 5.15. The number of hydrogen-bond acceptors (Lipinski definition) is 4. The number of imidazole rings is 1. The molecule has 0 aliphatic carbocycles. The van der Waals surface area contributed by atoms with Crippen molar-refractivity contribution in [2.75, 3.05) is 20.3 Å². The van der Waals surface area contributed by atoms with Crippen molar-refractivity contribution in [3.05, 3.63) is 18.2 Å². The van der Waals surface area contributed by atoms with E-state index in [1.54, 1.807) is 7.11 Å². The van der Waals surface area contributed by atoms with E-state index >= 15 is 0 Å². The van der Waals surface area contributed by atoms with Crippen molar-refractivity contribution in [2.24, 2.45) is 0 Å². The van der Waals surface area contributed by atoms with E-state index in [1.807, 2.05) is 12.4 Å². The maximum atomic E-state index is 5.15. The Morgan fingerprint density at radius 1 is 1.47 bits per heavy atom. The summed E-state index contributed by atoms with van der Waals surface area (Å²) in [4.78, 5) is 9.39. The number of hydroxylamine groups is 1. The van der Waals surface area contributed by atoms with Crippen molar-refractivity contribution in [1.29, 1.82) is 0 Å². The summed E-state index contributed by atoms with van der Waals surface area (Å²) >= 11 is 0. The molecule has 0 spiro atoms. The lowest BCUT2D eigenvalue weighted by atomic mass is 10.4. The third-order valence-electron chi connectivity index (χ3n) is 1.99. The van der Waals surface area contributed by atoms with Gasteiger partial charge in [0.05, 0.1) is 19.8 Å². The Balaban J connectivity index is 2.21. The molecular formula is C10H19N3O2. The first-order valence-corrected chi connectivity index (χ1v) is 5.22. The molecule has 0 atom stereocenters. The first-order chi connectivity index (χ1) is 7.38. The van der Waals surface area contributed by atoms with Crippen LogP contribution >= 0.6 is 0 Å². The van der Waals surface area contributed by atoms with Gasteiger partial charge in [-0.1, -0.05) is 6.92 Å². The number of aryl methyl sites for hydroxylation is 1. The summed E-state index contributed by atoms with van der Waals surface area (Å²) in [5, 5.41) is 0. The highest BCUT2D eigenvalue weighted by atomic mass is 16.7. The van der Waals surface area contributed by atoms with Crippen LogP contribution in [0.5, 0.6) is 0 Å². The SMILES string of the molecule is CCCn1ccnc1CNOCCOC. The molecule has 1 aromatic rings. The van der Waals surface area contributed by atoms with Crippen molar-refractivity contribution in [2.45, 2.75) is 26.4 Å². The molecule has 0 radical (unpaired) electrons. The lowest BCUT2D eigenvalue weighted by molar-refractivity contribution is 0.00207. The van der Waals surface area contributed by atoms with Crippen LogP contribution in [0.2, 0.25) is 0 Å². The molecule has 0 aliphatic rings. The zero-order chi connectivity index (χ0) is 10.9. The summed E-state index contributed by atoms with van der Waals surface area (Å²) in [6.45, 7) is 4.90. The van der Waals surface area contributed by atoms with E-state index in [1.165, 1.54) is 0 Å². The van der Waals surface area contributed by atoms with Crippen LogP contribution in [-0.2, 0) is 22.7 Å². The van der Waals surface area contributed by atoms with Crippen LogP contribution in [0, 0.1) is 0 Å². The lowest BCUT2D eigenvalue weighted by Crippen LogP contribution is -2.19. The van der Waals surface area contributed by atoms with Gasteiger partial charge < -0.3 is 9.30 Å². The van der Waals surface area contributed by atoms with Gasteiger partial charge in [-0.3, -0.25) is 4.84 Å². The number of nitrogens with one attached hydrogen (secondary N) is 1. The minimum atomic E-state index is 0.547. The van der Waals surface area contributed by atoms with E-state index < -0.39 is 0 Å². The van der Waals surface area contributed by atoms with Gasteiger partial charge in [0, 0.05) is 26.0 Å². The predicted octanol–water partition coefficient (Wildman–Crippen LogP) is 0.961. The summed E-state index contributed by atoms with van der Waals surface area (Å²) in [6.07, 6.45) is 4.89. The fraction of sp³-hybridized carbons (Fsp3) is 0.700. The van der Waals surface area contributed by atoms with Gasteiger partial charge in [0.25, 0.3) is 0 Å². The number of aromatic nitrogens is 2. The second-order valence-electron chi connectivity index (χ2n) is 3.20. The van der Waals surface area contributed by atoms with E-state index in [0.717, 1.165) is 18.8 Å². The van der Waals surface area contributed by atoms with Crippen molar-refractivity contribution in [3.8, 4) is 0 Å². The molecule has 0 fully saturated rings. The largest absolute Gasteiger partial charge is 0.382 e. The number of hydrogen-bond donors (Lipinski definition) is 1. The maximum Gasteiger partial charge on any atom is 0.125 e. The molecule has 0 unspecified atom stereocenters. The minimum absolute atomic E-state index is 0.547. The van der Waals surface area contributed by atoms with Gasteiger partial charge in [-0.2, -0.15) is 5.48 Å². The van der Waals surface area contributed by atoms with Gasteiger partial charge in [0.1, 0.15) is 5.82 Å². The standard InChI is InChI=1S/C10H19N3O2/c1-3-5-13-6-4-11-10(13)9-12-15-8-7-14-2/h4,6,12H,3,5,7-9H2,1-2H3. The summed E-state index contributed by atoms with van der Waals surface area (Å²) in [5.41, 5.74) is 2.86. The number of ether oxygens (including phenoxy) is 1. The second kappa shape index (κ2) is 7.39. The Morgan fingerprint density at radius 3 is 3.07 bits per heavy atom. The Morgan fingerprint density at radius 2 is 2.33 bits per heavy atom. The quantitative estimate of drug-likeness (QED) is 0.516. The lowest BCUT2D eigenvalue weighted by Gasteiger charge is -2.07. The van der Waals surface area contributed by atoms with Crippen molar-refractivity contribution in [1.82, 2.24) is 15.0 Å². The van der Waals surface area contributed by atoms with E-state index in [-0.39, 0.29) is 0 Å². The topological polar surface area (TPSA) is 48.3 Å². The molecule has 1 N–H and O–H groups in total. The molecule has 0 bridgehead atoms. The molecule has 0 aromatic carbocycles. The Kier molecular flexibility index (Phi) is 5.99. The van der Waals surface area contributed by atoms with Crippen LogP contribution < -0.4 is 5.48 Å². The molecule has 15 heavy (non-hydrogen) atoms. The average molecular weight is 213 g/mol. The Bertz CT molecular complexity index is 263. The molecular weight excluding hydrogens is 194 g/mol. The van der Waals surface area contributed by atoms with Crippen LogP contribution in [0.3, 0.4) is 0 Å². The molecule has 0 amide bonds. The molecule has 5 heteroatoms. The summed E-state index contributed by atoms with van der Waals surface area (Å²) < 4.78 is 6.97. The van der Waals surface area contributed by atoms with E-state index in [9.17, 15) is 0 Å². The fourth-order valence-electron chi connectivity index (χ4n) is 1.26. The van der Waals surface area contributed by atoms with Gasteiger partial charge >= 0.3 is 0 Å². The van der Waals surface area contributed by atoms with Gasteiger partial charge in [-0.15, -0.1) is 0 Å². The number of rotatable bonds is 8. The molecule has 0 saturated carbocycles. The van der Waals surface area contributed by atoms with Crippen LogP contribution in [-0.4, -0.2) is 29.9 Å². The average Bonchev–Trinajstić information content (AvgIpc) is 2.66. The zero-order valence-corrected chi connectivity index (χ0v) is 9.40. The molecule has 0 saturated heterocycles. The second-order valence-corrected chi connectivity index (χ2v) is 3.20. The Hall–Kier alpha value is -0.910. The van der Waals surface area contributed by atoms with Crippen LogP contribution in [0.4, 0.5) is 0 Å². The molecule has 0 aliphatic heterocycles. The Labute approximate surface area is 90.4 Å². The highest BCUT2D eigenvalue weighted by Crippen LogP contribution is 1.98. The van der Waals surface area contributed by atoms with Gasteiger partial charge in [-0.25, -0.2) is 4.98 Å². The number of methoxy groups -OCH3 is 1.